The SMILES string of the molecule is CNC(CSc1ccc(Br)cc1)c1cccc(Cl)c1. The summed E-state index contributed by atoms with van der Waals surface area (Å²) in [6, 6.07) is 16.7. The van der Waals surface area contributed by atoms with E-state index in [0.717, 1.165) is 15.2 Å². The van der Waals surface area contributed by atoms with Crippen LogP contribution in [0.4, 0.5) is 0 Å². The molecule has 4 heteroatoms. The predicted molar refractivity (Wildman–Crippen MR) is 88.1 cm³/mol. The maximum absolute atomic E-state index is 6.04. The minimum absolute atomic E-state index is 0.298. The highest BCUT2D eigenvalue weighted by atomic mass is 79.9. The van der Waals surface area contributed by atoms with Crippen LogP contribution in [0.2, 0.25) is 5.02 Å². The molecule has 0 spiro atoms. The van der Waals surface area contributed by atoms with Crippen molar-refractivity contribution in [3.8, 4) is 0 Å². The van der Waals surface area contributed by atoms with Crippen LogP contribution in [-0.4, -0.2) is 12.8 Å². The molecule has 1 atom stereocenters. The van der Waals surface area contributed by atoms with Crippen LogP contribution in [-0.2, 0) is 0 Å². The first kappa shape index (κ1) is 14.9. The van der Waals surface area contributed by atoms with Crippen molar-refractivity contribution >= 4 is 39.3 Å². The average molecular weight is 357 g/mol. The zero-order valence-electron chi connectivity index (χ0n) is 10.6. The molecule has 0 radical (unpaired) electrons. The standard InChI is InChI=1S/C15H15BrClNS/c1-18-15(11-3-2-4-13(17)9-11)10-19-14-7-5-12(16)6-8-14/h2-9,15,18H,10H2,1H3. The van der Waals surface area contributed by atoms with Gasteiger partial charge < -0.3 is 5.32 Å². The molecule has 19 heavy (non-hydrogen) atoms. The van der Waals surface area contributed by atoms with Gasteiger partial charge in [-0.2, -0.15) is 0 Å². The number of benzene rings is 2. The van der Waals surface area contributed by atoms with Gasteiger partial charge in [-0.25, -0.2) is 0 Å². The molecule has 2 rings (SSSR count). The third kappa shape index (κ3) is 4.53. The molecule has 0 aromatic heterocycles. The molecule has 0 fully saturated rings. The topological polar surface area (TPSA) is 12.0 Å². The highest BCUT2D eigenvalue weighted by Crippen LogP contribution is 2.26. The van der Waals surface area contributed by atoms with Gasteiger partial charge in [-0.05, 0) is 49.0 Å². The van der Waals surface area contributed by atoms with Crippen molar-refractivity contribution in [3.63, 3.8) is 0 Å². The monoisotopic (exact) mass is 355 g/mol. The molecule has 2 aromatic carbocycles. The Morgan fingerprint density at radius 1 is 1.21 bits per heavy atom. The van der Waals surface area contributed by atoms with Crippen LogP contribution in [0.25, 0.3) is 0 Å². The van der Waals surface area contributed by atoms with Crippen LogP contribution in [0.1, 0.15) is 11.6 Å². The second-order valence-corrected chi connectivity index (χ2v) is 6.61. The second-order valence-electron chi connectivity index (χ2n) is 4.16. The largest absolute Gasteiger partial charge is 0.312 e. The van der Waals surface area contributed by atoms with Crippen LogP contribution < -0.4 is 5.32 Å². The summed E-state index contributed by atoms with van der Waals surface area (Å²) in [6.07, 6.45) is 0. The van der Waals surface area contributed by atoms with E-state index >= 15 is 0 Å². The van der Waals surface area contributed by atoms with Crippen molar-refractivity contribution in [2.45, 2.75) is 10.9 Å². The van der Waals surface area contributed by atoms with Crippen LogP contribution in [0, 0.1) is 0 Å². The lowest BCUT2D eigenvalue weighted by Gasteiger charge is -2.16. The van der Waals surface area contributed by atoms with Gasteiger partial charge in [0.05, 0.1) is 0 Å². The Morgan fingerprint density at radius 3 is 2.58 bits per heavy atom. The van der Waals surface area contributed by atoms with Crippen LogP contribution in [0.15, 0.2) is 57.9 Å². The molecule has 0 aliphatic heterocycles. The minimum atomic E-state index is 0.298. The normalized spacial score (nSPS) is 12.4. The molecule has 1 N–H and O–H groups in total. The molecule has 0 heterocycles. The van der Waals surface area contributed by atoms with Gasteiger partial charge in [-0.15, -0.1) is 11.8 Å². The third-order valence-corrected chi connectivity index (χ3v) is 4.70. The van der Waals surface area contributed by atoms with Crippen molar-refractivity contribution in [3.05, 3.63) is 63.6 Å². The lowest BCUT2D eigenvalue weighted by atomic mass is 10.1. The Kier molecular flexibility index (Phi) is 5.76. The Labute approximate surface area is 131 Å². The number of halogens is 2. The molecular formula is C15H15BrClNS. The fourth-order valence-corrected chi connectivity index (χ4v) is 3.29. The van der Waals surface area contributed by atoms with E-state index in [1.54, 1.807) is 0 Å². The fourth-order valence-electron chi connectivity index (χ4n) is 1.78. The van der Waals surface area contributed by atoms with Gasteiger partial charge in [0.25, 0.3) is 0 Å². The van der Waals surface area contributed by atoms with E-state index in [2.05, 4.69) is 51.6 Å². The third-order valence-electron chi connectivity index (χ3n) is 2.83. The summed E-state index contributed by atoms with van der Waals surface area (Å²) >= 11 is 11.3. The molecule has 0 amide bonds. The maximum atomic E-state index is 6.04. The lowest BCUT2D eigenvalue weighted by Crippen LogP contribution is -2.18. The van der Waals surface area contributed by atoms with Crippen molar-refractivity contribution in [2.24, 2.45) is 0 Å². The molecule has 0 aliphatic carbocycles. The molecule has 100 valence electrons. The number of nitrogens with one attached hydrogen (secondary N) is 1. The second kappa shape index (κ2) is 7.34. The molecule has 1 unspecified atom stereocenters. The van der Waals surface area contributed by atoms with Gasteiger partial charge in [0.15, 0.2) is 0 Å². The summed E-state index contributed by atoms with van der Waals surface area (Å²) < 4.78 is 1.11. The first-order chi connectivity index (χ1) is 9.19. The molecule has 0 saturated carbocycles. The van der Waals surface area contributed by atoms with Crippen LogP contribution in [0.5, 0.6) is 0 Å². The molecule has 0 bridgehead atoms. The maximum Gasteiger partial charge on any atom is 0.0413 e. The van der Waals surface area contributed by atoms with Crippen molar-refractivity contribution in [1.82, 2.24) is 5.32 Å². The van der Waals surface area contributed by atoms with Gasteiger partial charge in [0.2, 0.25) is 0 Å². The summed E-state index contributed by atoms with van der Waals surface area (Å²) in [4.78, 5) is 1.27. The van der Waals surface area contributed by atoms with E-state index in [0.29, 0.717) is 6.04 Å². The molecule has 0 saturated heterocycles. The van der Waals surface area contributed by atoms with Crippen LogP contribution >= 0.6 is 39.3 Å². The summed E-state index contributed by atoms with van der Waals surface area (Å²) in [7, 11) is 1.98. The zero-order chi connectivity index (χ0) is 13.7. The van der Waals surface area contributed by atoms with E-state index < -0.39 is 0 Å². The predicted octanol–water partition coefficient (Wildman–Crippen LogP) is 5.16. The molecule has 1 nitrogen and oxygen atoms in total. The molecule has 2 aromatic rings. The van der Waals surface area contributed by atoms with E-state index in [-0.39, 0.29) is 0 Å². The minimum Gasteiger partial charge on any atom is -0.312 e. The average Bonchev–Trinajstić information content (AvgIpc) is 2.42. The number of hydrogen-bond acceptors (Lipinski definition) is 2. The van der Waals surface area contributed by atoms with E-state index in [4.69, 9.17) is 11.6 Å². The van der Waals surface area contributed by atoms with E-state index in [1.807, 2.05) is 37.0 Å². The number of hydrogen-bond donors (Lipinski definition) is 1. The van der Waals surface area contributed by atoms with Gasteiger partial charge in [-0.1, -0.05) is 39.7 Å². The van der Waals surface area contributed by atoms with Gasteiger partial charge >= 0.3 is 0 Å². The quantitative estimate of drug-likeness (QED) is 0.743. The smallest absolute Gasteiger partial charge is 0.0413 e. The van der Waals surface area contributed by atoms with E-state index in [1.165, 1.54) is 10.5 Å². The Hall–Kier alpha value is -0.480. The highest BCUT2D eigenvalue weighted by Gasteiger charge is 2.10. The summed E-state index contributed by atoms with van der Waals surface area (Å²) in [5, 5.41) is 4.12. The van der Waals surface area contributed by atoms with Gasteiger partial charge in [0.1, 0.15) is 0 Å². The summed E-state index contributed by atoms with van der Waals surface area (Å²) in [5.74, 6) is 0.971. The number of rotatable bonds is 5. The van der Waals surface area contributed by atoms with Crippen molar-refractivity contribution in [1.29, 1.82) is 0 Å². The van der Waals surface area contributed by atoms with E-state index in [9.17, 15) is 0 Å². The fraction of sp³-hybridized carbons (Fsp3) is 0.200. The van der Waals surface area contributed by atoms with Crippen LogP contribution in [0.3, 0.4) is 0 Å². The van der Waals surface area contributed by atoms with Gasteiger partial charge in [-0.3, -0.25) is 0 Å². The summed E-state index contributed by atoms with van der Waals surface area (Å²) in [5.41, 5.74) is 1.22. The van der Waals surface area contributed by atoms with Gasteiger partial charge in [0, 0.05) is 26.2 Å². The lowest BCUT2D eigenvalue weighted by molar-refractivity contribution is 0.662. The highest BCUT2D eigenvalue weighted by molar-refractivity contribution is 9.10. The molecule has 0 aliphatic rings. The number of thioether (sulfide) groups is 1. The Morgan fingerprint density at radius 2 is 1.95 bits per heavy atom. The molecular weight excluding hydrogens is 342 g/mol. The first-order valence-electron chi connectivity index (χ1n) is 6.00. The van der Waals surface area contributed by atoms with Crippen molar-refractivity contribution in [2.75, 3.05) is 12.8 Å². The zero-order valence-corrected chi connectivity index (χ0v) is 13.7. The Balaban J connectivity index is 2.01. The van der Waals surface area contributed by atoms with Crippen molar-refractivity contribution < 1.29 is 0 Å². The first-order valence-corrected chi connectivity index (χ1v) is 8.16. The Bertz CT molecular complexity index is 530. The summed E-state index contributed by atoms with van der Waals surface area (Å²) in [6.45, 7) is 0.